The summed E-state index contributed by atoms with van der Waals surface area (Å²) in [6.45, 7) is 0.994. The number of likely N-dealkylation sites (tertiary alicyclic amines) is 1. The Bertz CT molecular complexity index is 688. The first-order chi connectivity index (χ1) is 11.9. The van der Waals surface area contributed by atoms with Gasteiger partial charge in [-0.25, -0.2) is 0 Å². The van der Waals surface area contributed by atoms with Crippen molar-refractivity contribution in [2.24, 2.45) is 5.92 Å². The molecule has 0 aliphatic carbocycles. The van der Waals surface area contributed by atoms with Crippen molar-refractivity contribution in [3.63, 3.8) is 0 Å². The van der Waals surface area contributed by atoms with Crippen molar-refractivity contribution in [3.05, 3.63) is 24.3 Å². The molecule has 134 valence electrons. The molecule has 2 saturated heterocycles. The van der Waals surface area contributed by atoms with Crippen LogP contribution in [0.5, 0.6) is 5.75 Å². The highest BCUT2D eigenvalue weighted by atomic mass is 16.5. The first-order valence-corrected chi connectivity index (χ1v) is 8.38. The van der Waals surface area contributed by atoms with Gasteiger partial charge in [-0.05, 0) is 30.7 Å². The summed E-state index contributed by atoms with van der Waals surface area (Å²) in [5, 5.41) is 0. The van der Waals surface area contributed by atoms with Gasteiger partial charge in [0.25, 0.3) is 0 Å². The molecule has 0 N–H and O–H groups in total. The van der Waals surface area contributed by atoms with Gasteiger partial charge in [0.1, 0.15) is 11.8 Å². The van der Waals surface area contributed by atoms with Gasteiger partial charge < -0.3 is 19.4 Å². The van der Waals surface area contributed by atoms with Gasteiger partial charge in [-0.15, -0.1) is 0 Å². The minimum Gasteiger partial charge on any atom is -0.497 e. The van der Waals surface area contributed by atoms with Crippen molar-refractivity contribution in [2.45, 2.75) is 18.9 Å². The number of hydrogen-bond acceptors (Lipinski definition) is 4. The highest BCUT2D eigenvalue weighted by Crippen LogP contribution is 2.28. The molecule has 25 heavy (non-hydrogen) atoms. The third-order valence-electron chi connectivity index (χ3n) is 5.07. The molecule has 2 fully saturated rings. The first kappa shape index (κ1) is 17.3. The molecule has 2 atom stereocenters. The van der Waals surface area contributed by atoms with Gasteiger partial charge in [0.05, 0.1) is 13.0 Å². The number of benzene rings is 1. The molecule has 7 nitrogen and oxygen atoms in total. The van der Waals surface area contributed by atoms with Crippen molar-refractivity contribution in [1.82, 2.24) is 9.80 Å². The van der Waals surface area contributed by atoms with E-state index >= 15 is 0 Å². The van der Waals surface area contributed by atoms with Gasteiger partial charge in [-0.3, -0.25) is 14.4 Å². The molecule has 3 rings (SSSR count). The van der Waals surface area contributed by atoms with Crippen LogP contribution in [0.25, 0.3) is 0 Å². The largest absolute Gasteiger partial charge is 0.497 e. The summed E-state index contributed by atoms with van der Waals surface area (Å²) in [6.07, 6.45) is 0.812. The highest BCUT2D eigenvalue weighted by molar-refractivity contribution is 6.01. The maximum atomic E-state index is 12.8. The van der Waals surface area contributed by atoms with Crippen LogP contribution in [0.15, 0.2) is 24.3 Å². The fourth-order valence-corrected chi connectivity index (χ4v) is 3.49. The Morgan fingerprint density at radius 2 is 1.92 bits per heavy atom. The quantitative estimate of drug-likeness (QED) is 0.807. The Kier molecular flexibility index (Phi) is 4.65. The number of anilines is 1. The molecule has 0 radical (unpaired) electrons. The number of carbonyl (C=O) groups excluding carboxylic acids is 3. The van der Waals surface area contributed by atoms with E-state index in [-0.39, 0.29) is 24.1 Å². The second-order valence-electron chi connectivity index (χ2n) is 6.62. The lowest BCUT2D eigenvalue weighted by Gasteiger charge is -2.26. The predicted octanol–water partition coefficient (Wildman–Crippen LogP) is 0.737. The number of ether oxygens (including phenoxy) is 1. The zero-order valence-corrected chi connectivity index (χ0v) is 14.8. The molecule has 7 heteroatoms. The van der Waals surface area contributed by atoms with Crippen LogP contribution in [-0.4, -0.2) is 67.9 Å². The third kappa shape index (κ3) is 3.18. The number of methoxy groups -OCH3 is 1. The number of nitrogens with zero attached hydrogens (tertiary/aromatic N) is 3. The molecular formula is C18H23N3O4. The van der Waals surface area contributed by atoms with Crippen molar-refractivity contribution in [2.75, 3.05) is 39.2 Å². The van der Waals surface area contributed by atoms with E-state index in [1.165, 1.54) is 4.90 Å². The van der Waals surface area contributed by atoms with Crippen molar-refractivity contribution < 1.29 is 19.1 Å². The summed E-state index contributed by atoms with van der Waals surface area (Å²) >= 11 is 0. The maximum absolute atomic E-state index is 12.8. The summed E-state index contributed by atoms with van der Waals surface area (Å²) in [5.74, 6) is 0.0434. The van der Waals surface area contributed by atoms with E-state index in [2.05, 4.69) is 0 Å². The van der Waals surface area contributed by atoms with Crippen LogP contribution in [0.3, 0.4) is 0 Å². The second-order valence-corrected chi connectivity index (χ2v) is 6.62. The monoisotopic (exact) mass is 345 g/mol. The molecule has 0 unspecified atom stereocenters. The summed E-state index contributed by atoms with van der Waals surface area (Å²) < 4.78 is 5.13. The normalized spacial score (nSPS) is 23.3. The lowest BCUT2D eigenvalue weighted by atomic mass is 10.1. The second kappa shape index (κ2) is 6.74. The topological polar surface area (TPSA) is 70.2 Å². The van der Waals surface area contributed by atoms with E-state index in [4.69, 9.17) is 4.74 Å². The number of carbonyl (C=O) groups is 3. The number of hydrogen-bond donors (Lipinski definition) is 0. The molecule has 2 aliphatic heterocycles. The highest BCUT2D eigenvalue weighted by Gasteiger charge is 2.41. The minimum atomic E-state index is -0.418. The smallest absolute Gasteiger partial charge is 0.245 e. The fraction of sp³-hybridized carbons (Fsp3) is 0.500. The average molecular weight is 345 g/mol. The lowest BCUT2D eigenvalue weighted by Crippen LogP contribution is -2.45. The molecule has 0 bridgehead atoms. The van der Waals surface area contributed by atoms with Crippen LogP contribution in [0.4, 0.5) is 5.69 Å². The summed E-state index contributed by atoms with van der Waals surface area (Å²) in [5.41, 5.74) is 0.750. The van der Waals surface area contributed by atoms with Gasteiger partial charge in [0, 0.05) is 39.3 Å². The van der Waals surface area contributed by atoms with Crippen LogP contribution < -0.4 is 9.64 Å². The van der Waals surface area contributed by atoms with Crippen LogP contribution in [0, 0.1) is 5.92 Å². The summed E-state index contributed by atoms with van der Waals surface area (Å²) in [7, 11) is 4.98. The van der Waals surface area contributed by atoms with E-state index in [0.717, 1.165) is 5.69 Å². The van der Waals surface area contributed by atoms with E-state index in [1.54, 1.807) is 43.1 Å². The lowest BCUT2D eigenvalue weighted by molar-refractivity contribution is -0.142. The van der Waals surface area contributed by atoms with Crippen molar-refractivity contribution in [1.29, 1.82) is 0 Å². The van der Waals surface area contributed by atoms with Gasteiger partial charge in [0.15, 0.2) is 0 Å². The molecular weight excluding hydrogens is 322 g/mol. The molecule has 1 aromatic rings. The Labute approximate surface area is 147 Å². The van der Waals surface area contributed by atoms with Gasteiger partial charge in [-0.2, -0.15) is 0 Å². The summed E-state index contributed by atoms with van der Waals surface area (Å²) in [4.78, 5) is 42.0. The molecule has 0 spiro atoms. The Morgan fingerprint density at radius 1 is 1.24 bits per heavy atom. The molecule has 3 amide bonds. The fourth-order valence-electron chi connectivity index (χ4n) is 3.49. The molecule has 2 heterocycles. The minimum absolute atomic E-state index is 0.0350. The number of likely N-dealkylation sites (N-methyl/N-ethyl adjacent to an activating group) is 2. The first-order valence-electron chi connectivity index (χ1n) is 8.38. The van der Waals surface area contributed by atoms with E-state index < -0.39 is 12.0 Å². The van der Waals surface area contributed by atoms with Gasteiger partial charge >= 0.3 is 0 Å². The van der Waals surface area contributed by atoms with E-state index in [9.17, 15) is 14.4 Å². The van der Waals surface area contributed by atoms with Crippen LogP contribution in [0.1, 0.15) is 12.8 Å². The SMILES string of the molecule is COc1ccc(N2C[C@H](C(=O)N(C)[C@@H]3CCN(C)C3=O)CC2=O)cc1. The summed E-state index contributed by atoms with van der Waals surface area (Å²) in [6, 6.07) is 6.78. The number of rotatable bonds is 4. The number of amides is 3. The zero-order valence-electron chi connectivity index (χ0n) is 14.8. The molecule has 1 aromatic carbocycles. The predicted molar refractivity (Wildman–Crippen MR) is 92.3 cm³/mol. The Morgan fingerprint density at radius 3 is 2.48 bits per heavy atom. The van der Waals surface area contributed by atoms with Crippen molar-refractivity contribution >= 4 is 23.4 Å². The van der Waals surface area contributed by atoms with Crippen LogP contribution >= 0.6 is 0 Å². The maximum Gasteiger partial charge on any atom is 0.245 e. The standard InChI is InChI=1S/C18H23N3O4/c1-19-9-8-15(18(19)24)20(2)17(23)12-10-16(22)21(11-12)13-4-6-14(25-3)7-5-13/h4-7,12,15H,8-11H2,1-3H3/t12-,15-/m1/s1. The Hall–Kier alpha value is -2.57. The van der Waals surface area contributed by atoms with E-state index in [1.807, 2.05) is 12.1 Å². The van der Waals surface area contributed by atoms with Crippen LogP contribution in [-0.2, 0) is 14.4 Å². The molecule has 0 saturated carbocycles. The third-order valence-corrected chi connectivity index (χ3v) is 5.07. The Balaban J connectivity index is 1.69. The van der Waals surface area contributed by atoms with E-state index in [0.29, 0.717) is 25.3 Å². The zero-order chi connectivity index (χ0) is 18.1. The van der Waals surface area contributed by atoms with Crippen molar-refractivity contribution in [3.8, 4) is 5.75 Å². The molecule has 2 aliphatic rings. The van der Waals surface area contributed by atoms with Crippen LogP contribution in [0.2, 0.25) is 0 Å². The molecule has 0 aromatic heterocycles. The van der Waals surface area contributed by atoms with Gasteiger partial charge in [0.2, 0.25) is 17.7 Å². The van der Waals surface area contributed by atoms with Gasteiger partial charge in [-0.1, -0.05) is 0 Å². The average Bonchev–Trinajstić information content (AvgIpc) is 3.17.